The molecule has 0 fully saturated rings. The average Bonchev–Trinajstić information content (AvgIpc) is 3.72. The molecule has 8 rings (SSSR count). The molecule has 0 aliphatic carbocycles. The summed E-state index contributed by atoms with van der Waals surface area (Å²) in [5.41, 5.74) is 8.18. The summed E-state index contributed by atoms with van der Waals surface area (Å²) in [6.07, 6.45) is 1.83. The minimum absolute atomic E-state index is 0. The van der Waals surface area contributed by atoms with Crippen LogP contribution in [0.15, 0.2) is 103 Å². The molecule has 7 heteroatoms. The van der Waals surface area contributed by atoms with Crippen LogP contribution in [0.25, 0.3) is 27.6 Å². The van der Waals surface area contributed by atoms with Crippen molar-refractivity contribution in [2.24, 2.45) is 0 Å². The summed E-state index contributed by atoms with van der Waals surface area (Å²) in [6.45, 7) is 17.3. The van der Waals surface area contributed by atoms with E-state index in [1.807, 2.05) is 76.0 Å². The van der Waals surface area contributed by atoms with Gasteiger partial charge in [-0.25, -0.2) is 4.98 Å². The number of hydrogen-bond acceptors (Lipinski definition) is 3. The molecule has 0 N–H and O–H groups in total. The van der Waals surface area contributed by atoms with Crippen LogP contribution >= 0.6 is 0 Å². The first kappa shape index (κ1) is 35.8. The number of hydrogen-bond donors (Lipinski definition) is 0. The second-order valence-corrected chi connectivity index (χ2v) is 17.6. The zero-order valence-electron chi connectivity index (χ0n) is 36.8. The number of ether oxygens (including phenoxy) is 1. The van der Waals surface area contributed by atoms with Crippen molar-refractivity contribution in [2.45, 2.75) is 85.4 Å². The first-order valence-electron chi connectivity index (χ1n) is 20.4. The van der Waals surface area contributed by atoms with Gasteiger partial charge in [0.15, 0.2) is 0 Å². The third-order valence-electron chi connectivity index (χ3n) is 10.4. The van der Waals surface area contributed by atoms with Crippen LogP contribution in [0.5, 0.6) is 11.5 Å². The molecular formula is C50H47N5OPt+2. The smallest absolute Gasteiger partial charge is 0.509 e. The van der Waals surface area contributed by atoms with Crippen molar-refractivity contribution in [3.63, 3.8) is 0 Å². The first-order valence-corrected chi connectivity index (χ1v) is 18.9. The topological polar surface area (TPSA) is 56.9 Å². The molecule has 2 aromatic heterocycles. The Bertz CT molecular complexity index is 2930. The summed E-state index contributed by atoms with van der Waals surface area (Å²) < 4.78 is 37.9. The number of para-hydroxylation sites is 1. The van der Waals surface area contributed by atoms with Crippen molar-refractivity contribution in [3.8, 4) is 23.4 Å². The van der Waals surface area contributed by atoms with Gasteiger partial charge in [0.25, 0.3) is 5.69 Å². The SMILES string of the molecule is [2H]C([2H])([2H])c1cccc2c1[N+](c1cc(C(C)(C)C)cc(C(C)(C)C)c1)=C=[N+]2c1[c-]c(Oc2[c-]c3c(cc2)c2cc(C#N)ccc2n3-c2cc(C(C)(C)C)ccn2)ccc1.[Pt+2]. The molecule has 0 saturated heterocycles. The van der Waals surface area contributed by atoms with Gasteiger partial charge in [-0.05, 0) is 80.1 Å². The largest absolute Gasteiger partial charge is 2.00 e. The van der Waals surface area contributed by atoms with E-state index in [4.69, 9.17) is 13.8 Å². The maximum absolute atomic E-state index is 9.75. The Labute approximate surface area is 354 Å². The molecule has 6 nitrogen and oxygen atoms in total. The zero-order chi connectivity index (χ0) is 42.2. The molecule has 5 aromatic carbocycles. The molecule has 286 valence electrons. The molecule has 1 aliphatic heterocycles. The third-order valence-corrected chi connectivity index (χ3v) is 10.4. The summed E-state index contributed by atoms with van der Waals surface area (Å²) in [5, 5.41) is 11.6. The fourth-order valence-electron chi connectivity index (χ4n) is 7.17. The van der Waals surface area contributed by atoms with Gasteiger partial charge in [-0.15, -0.1) is 23.6 Å². The van der Waals surface area contributed by atoms with Gasteiger partial charge in [-0.3, -0.25) is 0 Å². The molecule has 0 radical (unpaired) electrons. The Morgan fingerprint density at radius 1 is 0.737 bits per heavy atom. The fourth-order valence-corrected chi connectivity index (χ4v) is 7.17. The van der Waals surface area contributed by atoms with E-state index >= 15 is 0 Å². The number of rotatable bonds is 5. The Balaban J connectivity index is 0.00000544. The zero-order valence-corrected chi connectivity index (χ0v) is 36.0. The van der Waals surface area contributed by atoms with Gasteiger partial charge in [0.05, 0.1) is 11.6 Å². The van der Waals surface area contributed by atoms with Crippen molar-refractivity contribution in [3.05, 3.63) is 143 Å². The van der Waals surface area contributed by atoms with E-state index in [2.05, 4.69) is 115 Å². The van der Waals surface area contributed by atoms with Crippen LogP contribution in [-0.2, 0) is 37.3 Å². The predicted octanol–water partition coefficient (Wildman–Crippen LogP) is 12.5. The number of nitrogens with zero attached hydrogens (tertiary/aromatic N) is 5. The number of nitriles is 1. The Kier molecular flexibility index (Phi) is 9.05. The third kappa shape index (κ3) is 7.39. The Morgan fingerprint density at radius 2 is 1.44 bits per heavy atom. The number of aryl methyl sites for hydroxylation is 1. The summed E-state index contributed by atoms with van der Waals surface area (Å²) in [5.74, 6) is 1.66. The Morgan fingerprint density at radius 3 is 2.12 bits per heavy atom. The van der Waals surface area contributed by atoms with Crippen LogP contribution in [0, 0.1) is 30.3 Å². The number of pyridine rings is 1. The van der Waals surface area contributed by atoms with E-state index in [1.165, 1.54) is 0 Å². The predicted molar refractivity (Wildman–Crippen MR) is 229 cm³/mol. The van der Waals surface area contributed by atoms with Crippen molar-refractivity contribution >= 4 is 50.6 Å². The maximum atomic E-state index is 9.75. The van der Waals surface area contributed by atoms with Gasteiger partial charge in [-0.1, -0.05) is 103 Å². The van der Waals surface area contributed by atoms with Crippen molar-refractivity contribution in [2.75, 3.05) is 0 Å². The Hall–Kier alpha value is -5.59. The average molecular weight is 932 g/mol. The van der Waals surface area contributed by atoms with Crippen LogP contribution in [0.4, 0.5) is 22.7 Å². The summed E-state index contributed by atoms with van der Waals surface area (Å²) in [6, 6.07) is 43.9. The van der Waals surface area contributed by atoms with Crippen LogP contribution < -0.4 is 13.9 Å². The molecule has 0 unspecified atom stereocenters. The van der Waals surface area contributed by atoms with Gasteiger partial charge in [0, 0.05) is 51.1 Å². The molecular weight excluding hydrogens is 882 g/mol. The van der Waals surface area contributed by atoms with Gasteiger partial charge in [0.2, 0.25) is 5.69 Å². The molecule has 0 spiro atoms. The molecule has 0 bridgehead atoms. The summed E-state index contributed by atoms with van der Waals surface area (Å²) >= 11 is 0. The second kappa shape index (κ2) is 14.4. The van der Waals surface area contributed by atoms with Crippen LogP contribution in [0.1, 0.15) is 94.2 Å². The summed E-state index contributed by atoms with van der Waals surface area (Å²) in [4.78, 5) is 4.79. The van der Waals surface area contributed by atoms with E-state index in [0.717, 1.165) is 50.0 Å². The number of benzene rings is 5. The first-order chi connectivity index (χ1) is 27.7. The van der Waals surface area contributed by atoms with Gasteiger partial charge in [0.1, 0.15) is 11.5 Å². The van der Waals surface area contributed by atoms with Crippen LogP contribution in [-0.4, -0.2) is 15.6 Å². The molecule has 1 aliphatic rings. The minimum atomic E-state index is -2.37. The minimum Gasteiger partial charge on any atom is -0.509 e. The quantitative estimate of drug-likeness (QED) is 0.128. The van der Waals surface area contributed by atoms with Gasteiger partial charge >= 0.3 is 32.8 Å². The van der Waals surface area contributed by atoms with Crippen LogP contribution in [0.3, 0.4) is 0 Å². The molecule has 0 saturated carbocycles. The van der Waals surface area contributed by atoms with Crippen molar-refractivity contribution in [1.82, 2.24) is 18.7 Å². The van der Waals surface area contributed by atoms with Crippen LogP contribution in [0.2, 0.25) is 0 Å². The molecule has 3 heterocycles. The van der Waals surface area contributed by atoms with Crippen molar-refractivity contribution in [1.29, 1.82) is 5.26 Å². The van der Waals surface area contributed by atoms with Gasteiger partial charge < -0.3 is 9.30 Å². The normalized spacial score (nSPS) is 13.9. The molecule has 7 aromatic rings. The number of fused-ring (bicyclic) bond motifs is 4. The van der Waals surface area contributed by atoms with E-state index < -0.39 is 6.85 Å². The molecule has 57 heavy (non-hydrogen) atoms. The molecule has 0 amide bonds. The number of aromatic nitrogens is 2. The van der Waals surface area contributed by atoms with E-state index in [1.54, 1.807) is 12.1 Å². The van der Waals surface area contributed by atoms with E-state index in [-0.39, 0.29) is 42.9 Å². The second-order valence-electron chi connectivity index (χ2n) is 17.6. The summed E-state index contributed by atoms with van der Waals surface area (Å²) in [7, 11) is 0. The van der Waals surface area contributed by atoms with Crippen molar-refractivity contribution < 1.29 is 29.9 Å². The van der Waals surface area contributed by atoms with E-state index in [0.29, 0.717) is 34.1 Å². The standard InChI is InChI=1S/C50H47N5O.Pt/c1-32-13-11-16-44-47(32)54(38-25-35(49(5,6)7)24-36(26-38)50(8,9)10)31-53(44)37-14-12-15-39(28-37)56-40-18-19-41-42-23-33(30-51)17-20-43(42)55(45(41)29-40)46-27-34(21-22-52-46)48(2,3)4;/h11-27H,1-10H3;/q;+2/i1D3;. The molecule has 0 atom stereocenters. The van der Waals surface area contributed by atoms with E-state index in [9.17, 15) is 5.26 Å². The monoisotopic (exact) mass is 931 g/mol. The maximum Gasteiger partial charge on any atom is 2.00 e. The van der Waals surface area contributed by atoms with Gasteiger partial charge in [-0.2, -0.15) is 17.4 Å². The fraction of sp³-hybridized carbons (Fsp3) is 0.260.